The Bertz CT molecular complexity index is 277. The monoisotopic (exact) mass is 256 g/mol. The molecule has 0 aliphatic carbocycles. The van der Waals surface area contributed by atoms with Crippen molar-refractivity contribution in [3.8, 4) is 0 Å². The quantitative estimate of drug-likeness (QED) is 0.765. The SMILES string of the molecule is CC(C)C[C@H](CCO)CNC(=O)N1CCC1(C)C. The Kier molecular flexibility index (Phi) is 5.45. The number of carbonyl (C=O) groups is 1. The van der Waals surface area contributed by atoms with Gasteiger partial charge in [-0.25, -0.2) is 4.79 Å². The van der Waals surface area contributed by atoms with Crippen molar-refractivity contribution in [2.24, 2.45) is 11.8 Å². The standard InChI is InChI=1S/C14H28N2O2/c1-11(2)9-12(5-8-17)10-15-13(18)16-7-6-14(16,3)4/h11-12,17H,5-10H2,1-4H3,(H,15,18)/t12-/m0/s1. The van der Waals surface area contributed by atoms with E-state index < -0.39 is 0 Å². The molecule has 0 bridgehead atoms. The van der Waals surface area contributed by atoms with E-state index in [0.29, 0.717) is 18.4 Å². The lowest BCUT2D eigenvalue weighted by Gasteiger charge is -2.48. The van der Waals surface area contributed by atoms with Crippen molar-refractivity contribution in [2.45, 2.75) is 52.5 Å². The van der Waals surface area contributed by atoms with Gasteiger partial charge >= 0.3 is 6.03 Å². The molecule has 0 aromatic carbocycles. The van der Waals surface area contributed by atoms with E-state index >= 15 is 0 Å². The third-order valence-corrected chi connectivity index (χ3v) is 3.81. The summed E-state index contributed by atoms with van der Waals surface area (Å²) in [7, 11) is 0. The minimum Gasteiger partial charge on any atom is -0.396 e. The van der Waals surface area contributed by atoms with Crippen LogP contribution in [-0.4, -0.2) is 41.3 Å². The van der Waals surface area contributed by atoms with Gasteiger partial charge < -0.3 is 15.3 Å². The van der Waals surface area contributed by atoms with E-state index in [1.807, 2.05) is 4.90 Å². The summed E-state index contributed by atoms with van der Waals surface area (Å²) >= 11 is 0. The molecule has 106 valence electrons. The lowest BCUT2D eigenvalue weighted by atomic mass is 9.89. The first-order valence-corrected chi connectivity index (χ1v) is 7.03. The highest BCUT2D eigenvalue weighted by atomic mass is 16.3. The normalized spacial score (nSPS) is 19.6. The Hall–Kier alpha value is -0.770. The molecule has 1 saturated heterocycles. The highest BCUT2D eigenvalue weighted by molar-refractivity contribution is 5.76. The van der Waals surface area contributed by atoms with Crippen LogP contribution in [-0.2, 0) is 0 Å². The fourth-order valence-electron chi connectivity index (χ4n) is 2.53. The Balaban J connectivity index is 2.35. The number of aliphatic hydroxyl groups excluding tert-OH is 1. The molecule has 0 spiro atoms. The van der Waals surface area contributed by atoms with Gasteiger partial charge in [-0.2, -0.15) is 0 Å². The zero-order valence-electron chi connectivity index (χ0n) is 12.2. The third-order valence-electron chi connectivity index (χ3n) is 3.81. The van der Waals surface area contributed by atoms with Crippen molar-refractivity contribution >= 4 is 6.03 Å². The summed E-state index contributed by atoms with van der Waals surface area (Å²) in [5.74, 6) is 0.974. The molecule has 2 amide bonds. The zero-order valence-corrected chi connectivity index (χ0v) is 12.2. The van der Waals surface area contributed by atoms with Crippen LogP contribution in [0.2, 0.25) is 0 Å². The average Bonchev–Trinajstić information content (AvgIpc) is 2.24. The molecule has 1 heterocycles. The second kappa shape index (κ2) is 6.41. The molecule has 1 aliphatic heterocycles. The molecule has 0 saturated carbocycles. The summed E-state index contributed by atoms with van der Waals surface area (Å²) in [5.41, 5.74) is 0.00854. The van der Waals surface area contributed by atoms with Crippen LogP contribution >= 0.6 is 0 Å². The lowest BCUT2D eigenvalue weighted by Crippen LogP contribution is -2.61. The maximum absolute atomic E-state index is 12.0. The number of aliphatic hydroxyl groups is 1. The molecule has 4 heteroatoms. The maximum atomic E-state index is 12.0. The van der Waals surface area contributed by atoms with E-state index in [1.54, 1.807) is 0 Å². The minimum atomic E-state index is 0.00854. The Morgan fingerprint density at radius 2 is 2.11 bits per heavy atom. The van der Waals surface area contributed by atoms with E-state index in [4.69, 9.17) is 5.11 Å². The van der Waals surface area contributed by atoms with Crippen LogP contribution in [0.4, 0.5) is 4.79 Å². The molecule has 1 rings (SSSR count). The van der Waals surface area contributed by atoms with E-state index in [1.165, 1.54) is 0 Å². The number of carbonyl (C=O) groups excluding carboxylic acids is 1. The molecule has 2 N–H and O–H groups in total. The summed E-state index contributed by atoms with van der Waals surface area (Å²) in [6.07, 6.45) is 2.89. The largest absolute Gasteiger partial charge is 0.396 e. The van der Waals surface area contributed by atoms with E-state index in [9.17, 15) is 4.79 Å². The maximum Gasteiger partial charge on any atom is 0.317 e. The summed E-state index contributed by atoms with van der Waals surface area (Å²) < 4.78 is 0. The third kappa shape index (κ3) is 4.16. The van der Waals surface area contributed by atoms with Crippen LogP contribution in [0.25, 0.3) is 0 Å². The van der Waals surface area contributed by atoms with Gasteiger partial charge in [-0.15, -0.1) is 0 Å². The second-order valence-corrected chi connectivity index (χ2v) is 6.41. The van der Waals surface area contributed by atoms with Gasteiger partial charge in [0, 0.05) is 25.2 Å². The van der Waals surface area contributed by atoms with Gasteiger partial charge in [0.25, 0.3) is 0 Å². The van der Waals surface area contributed by atoms with Crippen LogP contribution in [0, 0.1) is 11.8 Å². The predicted molar refractivity (Wildman–Crippen MR) is 73.4 cm³/mol. The van der Waals surface area contributed by atoms with Crippen LogP contribution in [0.15, 0.2) is 0 Å². The van der Waals surface area contributed by atoms with Crippen LogP contribution < -0.4 is 5.32 Å². The van der Waals surface area contributed by atoms with Gasteiger partial charge in [0.15, 0.2) is 0 Å². The number of rotatable bonds is 6. The number of nitrogens with one attached hydrogen (secondary N) is 1. The van der Waals surface area contributed by atoms with Gasteiger partial charge in [0.2, 0.25) is 0 Å². The fraction of sp³-hybridized carbons (Fsp3) is 0.929. The molecule has 0 aromatic heterocycles. The van der Waals surface area contributed by atoms with Crippen LogP contribution in [0.5, 0.6) is 0 Å². The second-order valence-electron chi connectivity index (χ2n) is 6.41. The molecular formula is C14H28N2O2. The molecule has 1 atom stereocenters. The minimum absolute atomic E-state index is 0.00854. The Labute approximate surface area is 111 Å². The van der Waals surface area contributed by atoms with Crippen molar-refractivity contribution in [2.75, 3.05) is 19.7 Å². The van der Waals surface area contributed by atoms with Crippen molar-refractivity contribution in [3.05, 3.63) is 0 Å². The summed E-state index contributed by atoms with van der Waals surface area (Å²) in [6.45, 7) is 10.3. The fourth-order valence-corrected chi connectivity index (χ4v) is 2.53. The number of urea groups is 1. The molecule has 1 aliphatic rings. The number of hydrogen-bond donors (Lipinski definition) is 2. The highest BCUT2D eigenvalue weighted by Gasteiger charge is 2.39. The van der Waals surface area contributed by atoms with Gasteiger partial charge in [-0.05, 0) is 44.9 Å². The van der Waals surface area contributed by atoms with Crippen LogP contribution in [0.1, 0.15) is 47.0 Å². The molecule has 0 unspecified atom stereocenters. The molecular weight excluding hydrogens is 228 g/mol. The predicted octanol–water partition coefficient (Wildman–Crippen LogP) is 2.22. The first-order chi connectivity index (χ1) is 8.36. The van der Waals surface area contributed by atoms with Crippen molar-refractivity contribution in [1.82, 2.24) is 10.2 Å². The summed E-state index contributed by atoms with van der Waals surface area (Å²) in [4.78, 5) is 13.9. The Morgan fingerprint density at radius 3 is 2.50 bits per heavy atom. The average molecular weight is 256 g/mol. The molecule has 18 heavy (non-hydrogen) atoms. The zero-order chi connectivity index (χ0) is 13.8. The van der Waals surface area contributed by atoms with Gasteiger partial charge in [-0.1, -0.05) is 13.8 Å². The molecule has 4 nitrogen and oxygen atoms in total. The summed E-state index contributed by atoms with van der Waals surface area (Å²) in [6, 6.07) is 0.0398. The number of amides is 2. The Morgan fingerprint density at radius 1 is 1.44 bits per heavy atom. The first kappa shape index (κ1) is 15.3. The van der Waals surface area contributed by atoms with Crippen LogP contribution in [0.3, 0.4) is 0 Å². The lowest BCUT2D eigenvalue weighted by molar-refractivity contribution is 0.0524. The van der Waals surface area contributed by atoms with E-state index in [0.717, 1.165) is 25.8 Å². The van der Waals surface area contributed by atoms with Gasteiger partial charge in [0.05, 0.1) is 0 Å². The van der Waals surface area contributed by atoms with Gasteiger partial charge in [-0.3, -0.25) is 0 Å². The highest BCUT2D eigenvalue weighted by Crippen LogP contribution is 2.29. The molecule has 1 fully saturated rings. The van der Waals surface area contributed by atoms with Crippen molar-refractivity contribution < 1.29 is 9.90 Å². The molecule has 0 aromatic rings. The first-order valence-electron chi connectivity index (χ1n) is 7.03. The number of hydrogen-bond acceptors (Lipinski definition) is 2. The van der Waals surface area contributed by atoms with Gasteiger partial charge in [0.1, 0.15) is 0 Å². The smallest absolute Gasteiger partial charge is 0.317 e. The number of nitrogens with zero attached hydrogens (tertiary/aromatic N) is 1. The number of likely N-dealkylation sites (tertiary alicyclic amines) is 1. The molecule has 0 radical (unpaired) electrons. The van der Waals surface area contributed by atoms with E-state index in [2.05, 4.69) is 33.0 Å². The van der Waals surface area contributed by atoms with E-state index in [-0.39, 0.29) is 18.2 Å². The van der Waals surface area contributed by atoms with Crippen molar-refractivity contribution in [3.63, 3.8) is 0 Å². The topological polar surface area (TPSA) is 52.6 Å². The summed E-state index contributed by atoms with van der Waals surface area (Å²) in [5, 5.41) is 12.0. The van der Waals surface area contributed by atoms with Crippen molar-refractivity contribution in [1.29, 1.82) is 0 Å².